The Morgan fingerprint density at radius 3 is 2.71 bits per heavy atom. The van der Waals surface area contributed by atoms with Crippen LogP contribution in [0.5, 0.6) is 0 Å². The lowest BCUT2D eigenvalue weighted by molar-refractivity contribution is 0.393. The van der Waals surface area contributed by atoms with E-state index in [9.17, 15) is 0 Å². The van der Waals surface area contributed by atoms with Gasteiger partial charge < -0.3 is 26.2 Å². The minimum absolute atomic E-state index is 0.399. The molecule has 3 aromatic rings. The van der Waals surface area contributed by atoms with Crippen molar-refractivity contribution in [3.8, 4) is 22.6 Å². The Labute approximate surface area is 206 Å². The summed E-state index contributed by atoms with van der Waals surface area (Å²) in [6.45, 7) is 8.38. The fourth-order valence-corrected chi connectivity index (χ4v) is 3.76. The molecule has 2 aromatic heterocycles. The van der Waals surface area contributed by atoms with Crippen molar-refractivity contribution in [3.05, 3.63) is 58.7 Å². The molecule has 0 amide bonds. The molecule has 184 valence electrons. The number of nitrogens with zero attached hydrogens (tertiary/aromatic N) is 4. The number of benzene rings is 1. The van der Waals surface area contributed by atoms with Crippen molar-refractivity contribution >= 4 is 12.0 Å². The second kappa shape index (κ2) is 11.2. The number of nitrogens with one attached hydrogen (secondary N) is 3. The molecule has 4 rings (SSSR count). The highest BCUT2D eigenvalue weighted by molar-refractivity contribution is 5.84. The lowest BCUT2D eigenvalue weighted by Crippen LogP contribution is -2.24. The van der Waals surface area contributed by atoms with E-state index in [4.69, 9.17) is 20.2 Å². The van der Waals surface area contributed by atoms with Gasteiger partial charge in [0.25, 0.3) is 0 Å². The van der Waals surface area contributed by atoms with Gasteiger partial charge in [0.05, 0.1) is 28.7 Å². The van der Waals surface area contributed by atoms with Gasteiger partial charge in [-0.3, -0.25) is 4.99 Å². The molecular weight excluding hydrogens is 440 g/mol. The van der Waals surface area contributed by atoms with Crippen molar-refractivity contribution in [2.24, 2.45) is 10.7 Å². The van der Waals surface area contributed by atoms with Gasteiger partial charge in [-0.2, -0.15) is 0 Å². The summed E-state index contributed by atoms with van der Waals surface area (Å²) >= 11 is 0. The molecule has 0 spiro atoms. The van der Waals surface area contributed by atoms with Crippen LogP contribution in [0.2, 0.25) is 0 Å². The summed E-state index contributed by atoms with van der Waals surface area (Å²) in [5, 5.41) is 14.1. The standard InChI is InChI=1S/C26H34N8O/c1-16-24(23-17(2)34-35-18(23)3)32-26(20-7-5-6-19(12-20)14-29-11-10-28-4)33-25(16)31-22(13-27)15-30-21-8-9-21/h5-7,12-13,15,21,28-29H,8-11,14,27H2,1-4H3,(H,31,32,33). The van der Waals surface area contributed by atoms with E-state index in [1.807, 2.05) is 40.0 Å². The highest BCUT2D eigenvalue weighted by atomic mass is 16.5. The van der Waals surface area contributed by atoms with Crippen molar-refractivity contribution in [2.75, 3.05) is 25.5 Å². The number of aliphatic imine (C=N–C) groups is 1. The van der Waals surface area contributed by atoms with Gasteiger partial charge in [-0.1, -0.05) is 23.4 Å². The van der Waals surface area contributed by atoms with E-state index >= 15 is 0 Å². The van der Waals surface area contributed by atoms with Gasteiger partial charge in [-0.25, -0.2) is 9.97 Å². The number of nitrogens with two attached hydrogens (primary N) is 1. The van der Waals surface area contributed by atoms with Crippen molar-refractivity contribution in [3.63, 3.8) is 0 Å². The van der Waals surface area contributed by atoms with Crippen LogP contribution in [0.3, 0.4) is 0 Å². The molecule has 0 radical (unpaired) electrons. The zero-order valence-electron chi connectivity index (χ0n) is 20.9. The van der Waals surface area contributed by atoms with Crippen LogP contribution < -0.4 is 21.7 Å². The van der Waals surface area contributed by atoms with E-state index in [2.05, 4.69) is 38.2 Å². The topological polar surface area (TPSA) is 126 Å². The normalized spacial score (nSPS) is 14.1. The first-order valence-electron chi connectivity index (χ1n) is 12.0. The van der Waals surface area contributed by atoms with Crippen molar-refractivity contribution in [1.82, 2.24) is 25.8 Å². The Bertz CT molecular complexity index is 1210. The Morgan fingerprint density at radius 1 is 1.20 bits per heavy atom. The number of aromatic nitrogens is 3. The van der Waals surface area contributed by atoms with Gasteiger partial charge in [0.2, 0.25) is 0 Å². The number of allylic oxidation sites excluding steroid dienone is 1. The average molecular weight is 475 g/mol. The maximum Gasteiger partial charge on any atom is 0.162 e. The molecule has 9 nitrogen and oxygen atoms in total. The van der Waals surface area contributed by atoms with E-state index in [0.717, 1.165) is 66.1 Å². The van der Waals surface area contributed by atoms with E-state index in [1.54, 1.807) is 6.21 Å². The SMILES string of the molecule is CNCCNCc1cccc(-c2nc(NC(C=NC3CC3)=CN)c(C)c(-c3c(C)noc3C)n2)c1. The van der Waals surface area contributed by atoms with Gasteiger partial charge in [-0.05, 0) is 52.3 Å². The molecule has 1 aliphatic rings. The highest BCUT2D eigenvalue weighted by Crippen LogP contribution is 2.33. The lowest BCUT2D eigenvalue weighted by atomic mass is 10.0. The summed E-state index contributed by atoms with van der Waals surface area (Å²) in [7, 11) is 1.95. The van der Waals surface area contributed by atoms with Gasteiger partial charge in [0, 0.05) is 43.2 Å². The quantitative estimate of drug-likeness (QED) is 0.246. The molecule has 0 atom stereocenters. The summed E-state index contributed by atoms with van der Waals surface area (Å²) in [6, 6.07) is 8.67. The third kappa shape index (κ3) is 6.12. The molecule has 1 saturated carbocycles. The first-order chi connectivity index (χ1) is 17.0. The second-order valence-electron chi connectivity index (χ2n) is 8.81. The number of likely N-dealkylation sites (N-methyl/N-ethyl adjacent to an activating group) is 1. The molecule has 0 aliphatic heterocycles. The third-order valence-electron chi connectivity index (χ3n) is 5.90. The fraction of sp³-hybridized carbons (Fsp3) is 0.385. The monoisotopic (exact) mass is 474 g/mol. The predicted octanol–water partition coefficient (Wildman–Crippen LogP) is 3.48. The van der Waals surface area contributed by atoms with E-state index in [-0.39, 0.29) is 0 Å². The second-order valence-corrected chi connectivity index (χ2v) is 8.81. The van der Waals surface area contributed by atoms with Crippen LogP contribution in [0.1, 0.15) is 35.4 Å². The minimum Gasteiger partial charge on any atom is -0.403 e. The molecule has 0 unspecified atom stereocenters. The van der Waals surface area contributed by atoms with Crippen LogP contribution in [-0.2, 0) is 6.54 Å². The number of aryl methyl sites for hydroxylation is 2. The average Bonchev–Trinajstić information content (AvgIpc) is 3.64. The van der Waals surface area contributed by atoms with E-state index < -0.39 is 0 Å². The molecular formula is C26H34N8O. The molecule has 5 N–H and O–H groups in total. The zero-order chi connectivity index (χ0) is 24.8. The van der Waals surface area contributed by atoms with Gasteiger partial charge in [0.15, 0.2) is 5.82 Å². The molecule has 1 aliphatic carbocycles. The maximum absolute atomic E-state index is 5.90. The number of rotatable bonds is 11. The van der Waals surface area contributed by atoms with Crippen LogP contribution >= 0.6 is 0 Å². The van der Waals surface area contributed by atoms with Gasteiger partial charge >= 0.3 is 0 Å². The summed E-state index contributed by atoms with van der Waals surface area (Å²) in [6.07, 6.45) is 5.55. The first-order valence-corrected chi connectivity index (χ1v) is 12.0. The highest BCUT2D eigenvalue weighted by Gasteiger charge is 2.21. The molecule has 0 saturated heterocycles. The summed E-state index contributed by atoms with van der Waals surface area (Å²) in [5.74, 6) is 2.00. The smallest absolute Gasteiger partial charge is 0.162 e. The molecule has 35 heavy (non-hydrogen) atoms. The molecule has 2 heterocycles. The van der Waals surface area contributed by atoms with Gasteiger partial charge in [-0.15, -0.1) is 0 Å². The van der Waals surface area contributed by atoms with Crippen LogP contribution in [0, 0.1) is 20.8 Å². The predicted molar refractivity (Wildman–Crippen MR) is 140 cm³/mol. The van der Waals surface area contributed by atoms with Crippen molar-refractivity contribution in [2.45, 2.75) is 46.2 Å². The molecule has 0 bridgehead atoms. The van der Waals surface area contributed by atoms with Crippen molar-refractivity contribution in [1.29, 1.82) is 0 Å². The third-order valence-corrected chi connectivity index (χ3v) is 5.90. The van der Waals surface area contributed by atoms with Crippen LogP contribution in [0.15, 0.2) is 45.7 Å². The maximum atomic E-state index is 5.90. The van der Waals surface area contributed by atoms with E-state index in [1.165, 1.54) is 6.20 Å². The Hall–Kier alpha value is -3.56. The Balaban J connectivity index is 1.73. The van der Waals surface area contributed by atoms with Crippen LogP contribution in [-0.4, -0.2) is 47.5 Å². The minimum atomic E-state index is 0.399. The van der Waals surface area contributed by atoms with E-state index in [0.29, 0.717) is 29.1 Å². The number of anilines is 1. The van der Waals surface area contributed by atoms with Gasteiger partial charge in [0.1, 0.15) is 11.6 Å². The summed E-state index contributed by atoms with van der Waals surface area (Å²) < 4.78 is 5.45. The molecule has 9 heteroatoms. The number of hydrogen-bond donors (Lipinski definition) is 4. The Kier molecular flexibility index (Phi) is 7.89. The largest absolute Gasteiger partial charge is 0.403 e. The first kappa shape index (κ1) is 24.6. The van der Waals surface area contributed by atoms with Crippen molar-refractivity contribution < 1.29 is 4.52 Å². The lowest BCUT2D eigenvalue weighted by Gasteiger charge is -2.15. The van der Waals surface area contributed by atoms with Crippen LogP contribution in [0.4, 0.5) is 5.82 Å². The Morgan fingerprint density at radius 2 is 2.03 bits per heavy atom. The van der Waals surface area contributed by atoms with Crippen LogP contribution in [0.25, 0.3) is 22.6 Å². The zero-order valence-corrected chi connectivity index (χ0v) is 20.9. The molecule has 1 aromatic carbocycles. The molecule has 1 fully saturated rings. The summed E-state index contributed by atoms with van der Waals surface area (Å²) in [4.78, 5) is 14.4. The number of hydrogen-bond acceptors (Lipinski definition) is 9. The fourth-order valence-electron chi connectivity index (χ4n) is 3.76. The summed E-state index contributed by atoms with van der Waals surface area (Å²) in [5.41, 5.74) is 12.0.